The molecule has 0 atom stereocenters. The quantitative estimate of drug-likeness (QED) is 0.407. The minimum Gasteiger partial charge on any atom is -0.357 e. The Morgan fingerprint density at radius 1 is 1.18 bits per heavy atom. The minimum atomic E-state index is 0. The second-order valence-electron chi connectivity index (χ2n) is 6.40. The molecule has 1 saturated heterocycles. The number of amides is 1. The van der Waals surface area contributed by atoms with E-state index in [1.807, 2.05) is 0 Å². The van der Waals surface area contributed by atoms with Crippen molar-refractivity contribution >= 4 is 35.8 Å². The van der Waals surface area contributed by atoms with E-state index in [4.69, 9.17) is 0 Å². The zero-order valence-electron chi connectivity index (χ0n) is 14.0. The first-order valence-electron chi connectivity index (χ1n) is 8.49. The molecule has 2 N–H and O–H groups in total. The molecule has 0 radical (unpaired) electrons. The molecule has 22 heavy (non-hydrogen) atoms. The first-order valence-corrected chi connectivity index (χ1v) is 8.49. The molecule has 5 nitrogen and oxygen atoms in total. The smallest absolute Gasteiger partial charge is 0.241 e. The molecular weight excluding hydrogens is 391 g/mol. The molecule has 1 aliphatic carbocycles. The highest BCUT2D eigenvalue weighted by molar-refractivity contribution is 14.0. The van der Waals surface area contributed by atoms with Gasteiger partial charge in [0.2, 0.25) is 5.91 Å². The van der Waals surface area contributed by atoms with Crippen LogP contribution in [0.25, 0.3) is 0 Å². The Hall–Kier alpha value is -0.530. The third-order valence-corrected chi connectivity index (χ3v) is 4.68. The van der Waals surface area contributed by atoms with Crippen molar-refractivity contribution in [2.45, 2.75) is 52.4 Å². The Morgan fingerprint density at radius 2 is 1.91 bits per heavy atom. The summed E-state index contributed by atoms with van der Waals surface area (Å²) in [4.78, 5) is 18.6. The normalized spacial score (nSPS) is 20.1. The predicted octanol–water partition coefficient (Wildman–Crippen LogP) is 2.36. The van der Waals surface area contributed by atoms with E-state index in [0.717, 1.165) is 38.6 Å². The summed E-state index contributed by atoms with van der Waals surface area (Å²) in [6, 6.07) is 0. The van der Waals surface area contributed by atoms with Gasteiger partial charge in [-0.2, -0.15) is 0 Å². The fourth-order valence-electron chi connectivity index (χ4n) is 3.54. The fourth-order valence-corrected chi connectivity index (χ4v) is 3.54. The van der Waals surface area contributed by atoms with E-state index in [9.17, 15) is 4.79 Å². The lowest BCUT2D eigenvalue weighted by Gasteiger charge is -2.25. The average molecular weight is 422 g/mol. The van der Waals surface area contributed by atoms with E-state index in [2.05, 4.69) is 34.4 Å². The number of hydrogen-bond acceptors (Lipinski definition) is 2. The lowest BCUT2D eigenvalue weighted by Crippen LogP contribution is -2.41. The molecule has 1 aliphatic heterocycles. The molecule has 1 heterocycles. The number of aliphatic imine (C=N–C) groups is 1. The van der Waals surface area contributed by atoms with Gasteiger partial charge in [0.1, 0.15) is 6.54 Å². The number of guanidine groups is 1. The fraction of sp³-hybridized carbons (Fsp3) is 0.875. The lowest BCUT2D eigenvalue weighted by atomic mass is 9.86. The molecule has 1 saturated carbocycles. The van der Waals surface area contributed by atoms with Gasteiger partial charge >= 0.3 is 0 Å². The molecule has 2 fully saturated rings. The first-order chi connectivity index (χ1) is 10.2. The van der Waals surface area contributed by atoms with Gasteiger partial charge < -0.3 is 15.5 Å². The van der Waals surface area contributed by atoms with Crippen LogP contribution < -0.4 is 10.6 Å². The number of carbonyl (C=O) groups is 1. The topological polar surface area (TPSA) is 56.7 Å². The molecule has 0 bridgehead atoms. The van der Waals surface area contributed by atoms with Crippen LogP contribution in [0.3, 0.4) is 0 Å². The Labute approximate surface area is 151 Å². The maximum absolute atomic E-state index is 11.7. The number of halogens is 1. The number of rotatable bonds is 5. The molecule has 1 spiro atoms. The molecule has 1 amide bonds. The molecule has 128 valence electrons. The van der Waals surface area contributed by atoms with Crippen molar-refractivity contribution < 1.29 is 4.79 Å². The van der Waals surface area contributed by atoms with Gasteiger partial charge in [-0.05, 0) is 38.0 Å². The Bertz CT molecular complexity index is 380. The highest BCUT2D eigenvalue weighted by Gasteiger charge is 2.41. The second kappa shape index (κ2) is 9.57. The molecular formula is C16H31IN4O. The van der Waals surface area contributed by atoms with E-state index >= 15 is 0 Å². The minimum absolute atomic E-state index is 0. The van der Waals surface area contributed by atoms with Gasteiger partial charge in [0.05, 0.1) is 0 Å². The maximum Gasteiger partial charge on any atom is 0.241 e. The van der Waals surface area contributed by atoms with Gasteiger partial charge in [-0.15, -0.1) is 24.0 Å². The van der Waals surface area contributed by atoms with E-state index < -0.39 is 0 Å². The summed E-state index contributed by atoms with van der Waals surface area (Å²) >= 11 is 0. The highest BCUT2D eigenvalue weighted by Crippen LogP contribution is 2.45. The van der Waals surface area contributed by atoms with Crippen LogP contribution in [0.4, 0.5) is 0 Å². The van der Waals surface area contributed by atoms with Crippen LogP contribution in [-0.2, 0) is 4.79 Å². The first kappa shape index (κ1) is 19.5. The number of hydrogen-bond donors (Lipinski definition) is 2. The van der Waals surface area contributed by atoms with Crippen LogP contribution in [-0.4, -0.2) is 49.5 Å². The standard InChI is InChI=1S/C16H30N4O.HI/c1-3-10-18-14(21)12-19-15(17-4-2)20-11-9-16(13-20)7-5-6-8-16;/h3-13H2,1-2H3,(H,17,19)(H,18,21);1H. The molecule has 2 aliphatic rings. The van der Waals surface area contributed by atoms with E-state index in [-0.39, 0.29) is 36.4 Å². The van der Waals surface area contributed by atoms with Crippen LogP contribution in [0.2, 0.25) is 0 Å². The summed E-state index contributed by atoms with van der Waals surface area (Å²) in [6.07, 6.45) is 7.71. The molecule has 0 aromatic rings. The third-order valence-electron chi connectivity index (χ3n) is 4.68. The highest BCUT2D eigenvalue weighted by atomic mass is 127. The van der Waals surface area contributed by atoms with E-state index in [1.54, 1.807) is 0 Å². The largest absolute Gasteiger partial charge is 0.357 e. The van der Waals surface area contributed by atoms with Crippen molar-refractivity contribution in [3.05, 3.63) is 0 Å². The van der Waals surface area contributed by atoms with E-state index in [1.165, 1.54) is 32.1 Å². The van der Waals surface area contributed by atoms with Crippen molar-refractivity contribution in [2.24, 2.45) is 10.4 Å². The summed E-state index contributed by atoms with van der Waals surface area (Å²) in [6.45, 7) is 8.12. The summed E-state index contributed by atoms with van der Waals surface area (Å²) < 4.78 is 0. The summed E-state index contributed by atoms with van der Waals surface area (Å²) in [5.74, 6) is 0.926. The van der Waals surface area contributed by atoms with Gasteiger partial charge in [0.25, 0.3) is 0 Å². The van der Waals surface area contributed by atoms with Crippen molar-refractivity contribution in [1.82, 2.24) is 15.5 Å². The number of nitrogens with zero attached hydrogens (tertiary/aromatic N) is 2. The van der Waals surface area contributed by atoms with Gasteiger partial charge in [0.15, 0.2) is 5.96 Å². The van der Waals surface area contributed by atoms with Crippen molar-refractivity contribution in [3.8, 4) is 0 Å². The van der Waals surface area contributed by atoms with Gasteiger partial charge in [0, 0.05) is 26.2 Å². The Morgan fingerprint density at radius 3 is 2.55 bits per heavy atom. The lowest BCUT2D eigenvalue weighted by molar-refractivity contribution is -0.119. The van der Waals surface area contributed by atoms with Crippen LogP contribution in [0, 0.1) is 5.41 Å². The zero-order chi connectivity index (χ0) is 15.1. The van der Waals surface area contributed by atoms with Crippen molar-refractivity contribution in [3.63, 3.8) is 0 Å². The predicted molar refractivity (Wildman–Crippen MR) is 102 cm³/mol. The van der Waals surface area contributed by atoms with Crippen LogP contribution >= 0.6 is 24.0 Å². The van der Waals surface area contributed by atoms with Crippen LogP contribution in [0.15, 0.2) is 4.99 Å². The zero-order valence-corrected chi connectivity index (χ0v) is 16.3. The second-order valence-corrected chi connectivity index (χ2v) is 6.40. The van der Waals surface area contributed by atoms with Gasteiger partial charge in [-0.1, -0.05) is 19.8 Å². The van der Waals surface area contributed by atoms with E-state index in [0.29, 0.717) is 5.41 Å². The van der Waals surface area contributed by atoms with Gasteiger partial charge in [-0.3, -0.25) is 4.79 Å². The Balaban J connectivity index is 0.00000242. The van der Waals surface area contributed by atoms with Crippen molar-refractivity contribution in [2.75, 3.05) is 32.7 Å². The Kier molecular flexibility index (Phi) is 8.49. The molecule has 6 heteroatoms. The average Bonchev–Trinajstić information content (AvgIpc) is 3.12. The molecule has 2 rings (SSSR count). The molecule has 0 unspecified atom stereocenters. The van der Waals surface area contributed by atoms with Crippen LogP contribution in [0.5, 0.6) is 0 Å². The van der Waals surface area contributed by atoms with Crippen molar-refractivity contribution in [1.29, 1.82) is 0 Å². The number of likely N-dealkylation sites (tertiary alicyclic amines) is 1. The van der Waals surface area contributed by atoms with Crippen LogP contribution in [0.1, 0.15) is 52.4 Å². The SMILES string of the molecule is CCCNC(=O)CN=C(NCC)N1CCC2(CCCC2)C1.I. The monoisotopic (exact) mass is 422 g/mol. The molecule has 0 aromatic carbocycles. The maximum atomic E-state index is 11.7. The summed E-state index contributed by atoms with van der Waals surface area (Å²) in [5.41, 5.74) is 0.528. The third kappa shape index (κ3) is 5.28. The van der Waals surface area contributed by atoms with Gasteiger partial charge in [-0.25, -0.2) is 4.99 Å². The number of carbonyl (C=O) groups excluding carboxylic acids is 1. The summed E-state index contributed by atoms with van der Waals surface area (Å²) in [7, 11) is 0. The number of nitrogens with one attached hydrogen (secondary N) is 2. The summed E-state index contributed by atoms with van der Waals surface area (Å²) in [5, 5.41) is 6.21. The molecule has 0 aromatic heterocycles.